The molecule has 1 fully saturated rings. The normalized spacial score (nSPS) is 23.2. The predicted octanol–water partition coefficient (Wildman–Crippen LogP) is 3.13. The molecule has 2 heteroatoms. The summed E-state index contributed by atoms with van der Waals surface area (Å²) in [5, 5.41) is 3.67. The van der Waals surface area contributed by atoms with Crippen molar-refractivity contribution in [3.05, 3.63) is 29.3 Å². The first kappa shape index (κ1) is 13.4. The molecule has 1 N–H and O–H groups in total. The monoisotopic (exact) mass is 246 g/mol. The summed E-state index contributed by atoms with van der Waals surface area (Å²) in [6, 6.07) is 7.21. The van der Waals surface area contributed by atoms with Crippen LogP contribution in [0.1, 0.15) is 38.8 Å². The Morgan fingerprint density at radius 3 is 2.72 bits per heavy atom. The highest BCUT2D eigenvalue weighted by Crippen LogP contribution is 2.29. The molecule has 0 aromatic heterocycles. The number of piperazine rings is 1. The molecule has 1 aromatic rings. The zero-order chi connectivity index (χ0) is 13.3. The van der Waals surface area contributed by atoms with E-state index >= 15 is 0 Å². The molecule has 1 saturated heterocycles. The van der Waals surface area contributed by atoms with Crippen LogP contribution in [0.3, 0.4) is 0 Å². The Labute approximate surface area is 111 Å². The number of nitrogens with zero attached hydrogens (tertiary/aromatic N) is 1. The van der Waals surface area contributed by atoms with Crippen LogP contribution in [-0.4, -0.2) is 24.7 Å². The Morgan fingerprint density at radius 2 is 2.11 bits per heavy atom. The molecule has 100 valence electrons. The Balaban J connectivity index is 2.36. The van der Waals surface area contributed by atoms with E-state index in [0.29, 0.717) is 6.04 Å². The number of hydrogen-bond acceptors (Lipinski definition) is 2. The van der Waals surface area contributed by atoms with E-state index in [0.717, 1.165) is 19.5 Å². The molecule has 2 rings (SSSR count). The van der Waals surface area contributed by atoms with E-state index in [9.17, 15) is 0 Å². The van der Waals surface area contributed by atoms with Gasteiger partial charge in [0.15, 0.2) is 0 Å². The highest BCUT2D eigenvalue weighted by Gasteiger charge is 2.30. The lowest BCUT2D eigenvalue weighted by Crippen LogP contribution is -2.61. The molecule has 1 atom stereocenters. The first-order valence-corrected chi connectivity index (χ1v) is 7.04. The van der Waals surface area contributed by atoms with E-state index in [1.54, 1.807) is 0 Å². The fourth-order valence-corrected chi connectivity index (χ4v) is 3.26. The number of aryl methyl sites for hydroxylation is 2. The minimum absolute atomic E-state index is 0.185. The van der Waals surface area contributed by atoms with Crippen LogP contribution in [0, 0.1) is 6.92 Å². The first-order valence-electron chi connectivity index (χ1n) is 7.04. The zero-order valence-electron chi connectivity index (χ0n) is 12.4. The number of hydrogen-bond donors (Lipinski definition) is 1. The van der Waals surface area contributed by atoms with Gasteiger partial charge in [-0.3, -0.25) is 0 Å². The average Bonchev–Trinajstić information content (AvgIpc) is 2.25. The molecule has 0 aliphatic carbocycles. The van der Waals surface area contributed by atoms with Crippen molar-refractivity contribution in [2.75, 3.05) is 18.0 Å². The summed E-state index contributed by atoms with van der Waals surface area (Å²) in [4.78, 5) is 2.56. The second-order valence-corrected chi connectivity index (χ2v) is 6.25. The maximum atomic E-state index is 3.67. The van der Waals surface area contributed by atoms with Crippen LogP contribution in [0.5, 0.6) is 0 Å². The largest absolute Gasteiger partial charge is 0.368 e. The van der Waals surface area contributed by atoms with Crippen molar-refractivity contribution in [3.63, 3.8) is 0 Å². The van der Waals surface area contributed by atoms with Gasteiger partial charge < -0.3 is 10.2 Å². The van der Waals surface area contributed by atoms with Gasteiger partial charge in [0.05, 0.1) is 0 Å². The second-order valence-electron chi connectivity index (χ2n) is 6.25. The topological polar surface area (TPSA) is 15.3 Å². The number of benzene rings is 1. The standard InChI is InChI=1S/C16H26N2/c1-6-14-9-7-8-12(2)15(14)18-10-13(3)17-16(4,5)11-18/h7-9,13,17H,6,10-11H2,1-5H3. The molecule has 1 aliphatic rings. The Hall–Kier alpha value is -1.02. The molecule has 18 heavy (non-hydrogen) atoms. The minimum Gasteiger partial charge on any atom is -0.368 e. The van der Waals surface area contributed by atoms with Crippen LogP contribution in [0.4, 0.5) is 5.69 Å². The van der Waals surface area contributed by atoms with Crippen molar-refractivity contribution in [3.8, 4) is 0 Å². The summed E-state index contributed by atoms with van der Waals surface area (Å²) in [5.74, 6) is 0. The molecule has 1 heterocycles. The van der Waals surface area contributed by atoms with E-state index in [-0.39, 0.29) is 5.54 Å². The zero-order valence-corrected chi connectivity index (χ0v) is 12.4. The van der Waals surface area contributed by atoms with Gasteiger partial charge in [0.1, 0.15) is 0 Å². The molecule has 0 bridgehead atoms. The number of rotatable bonds is 2. The Morgan fingerprint density at radius 1 is 1.39 bits per heavy atom. The van der Waals surface area contributed by atoms with Gasteiger partial charge >= 0.3 is 0 Å². The molecule has 1 unspecified atom stereocenters. The van der Waals surface area contributed by atoms with Crippen LogP contribution in [0.2, 0.25) is 0 Å². The first-order chi connectivity index (χ1) is 8.43. The van der Waals surface area contributed by atoms with Gasteiger partial charge in [-0.2, -0.15) is 0 Å². The maximum absolute atomic E-state index is 3.67. The van der Waals surface area contributed by atoms with Gasteiger partial charge in [0, 0.05) is 30.4 Å². The number of anilines is 1. The van der Waals surface area contributed by atoms with Crippen molar-refractivity contribution in [2.24, 2.45) is 0 Å². The highest BCUT2D eigenvalue weighted by molar-refractivity contribution is 5.60. The van der Waals surface area contributed by atoms with Crippen LogP contribution >= 0.6 is 0 Å². The lowest BCUT2D eigenvalue weighted by Gasteiger charge is -2.45. The molecule has 1 aliphatic heterocycles. The lowest BCUT2D eigenvalue weighted by atomic mass is 9.96. The summed E-state index contributed by atoms with van der Waals surface area (Å²) < 4.78 is 0. The molecular formula is C16H26N2. The number of para-hydroxylation sites is 1. The van der Waals surface area contributed by atoms with Crippen LogP contribution in [0.15, 0.2) is 18.2 Å². The van der Waals surface area contributed by atoms with Gasteiger partial charge in [-0.05, 0) is 45.2 Å². The molecule has 0 saturated carbocycles. The van der Waals surface area contributed by atoms with Crippen LogP contribution in [0.25, 0.3) is 0 Å². The van der Waals surface area contributed by atoms with Crippen molar-refractivity contribution >= 4 is 5.69 Å². The molecule has 1 aromatic carbocycles. The van der Waals surface area contributed by atoms with E-state index in [1.165, 1.54) is 16.8 Å². The van der Waals surface area contributed by atoms with Crippen molar-refractivity contribution in [2.45, 2.75) is 52.6 Å². The van der Waals surface area contributed by atoms with Crippen molar-refractivity contribution < 1.29 is 0 Å². The van der Waals surface area contributed by atoms with Gasteiger partial charge in [-0.25, -0.2) is 0 Å². The lowest BCUT2D eigenvalue weighted by molar-refractivity contribution is 0.301. The average molecular weight is 246 g/mol. The predicted molar refractivity (Wildman–Crippen MR) is 79.4 cm³/mol. The van der Waals surface area contributed by atoms with E-state index in [2.05, 4.69) is 63.0 Å². The fraction of sp³-hybridized carbons (Fsp3) is 0.625. The van der Waals surface area contributed by atoms with Gasteiger partial charge in [0.2, 0.25) is 0 Å². The van der Waals surface area contributed by atoms with Crippen LogP contribution in [-0.2, 0) is 6.42 Å². The smallest absolute Gasteiger partial charge is 0.0429 e. The Bertz CT molecular complexity index is 423. The second kappa shape index (κ2) is 4.93. The number of nitrogens with one attached hydrogen (secondary N) is 1. The van der Waals surface area contributed by atoms with Crippen LogP contribution < -0.4 is 10.2 Å². The third-order valence-corrected chi connectivity index (χ3v) is 3.74. The molecular weight excluding hydrogens is 220 g/mol. The minimum atomic E-state index is 0.185. The third-order valence-electron chi connectivity index (χ3n) is 3.74. The van der Waals surface area contributed by atoms with Crippen molar-refractivity contribution in [1.29, 1.82) is 0 Å². The summed E-state index contributed by atoms with van der Waals surface area (Å²) >= 11 is 0. The highest BCUT2D eigenvalue weighted by atomic mass is 15.2. The Kier molecular flexibility index (Phi) is 3.67. The summed E-state index contributed by atoms with van der Waals surface area (Å²) in [6.45, 7) is 13.5. The van der Waals surface area contributed by atoms with E-state index < -0.39 is 0 Å². The summed E-state index contributed by atoms with van der Waals surface area (Å²) in [7, 11) is 0. The van der Waals surface area contributed by atoms with Gasteiger partial charge in [0.25, 0.3) is 0 Å². The molecule has 0 amide bonds. The van der Waals surface area contributed by atoms with E-state index in [4.69, 9.17) is 0 Å². The van der Waals surface area contributed by atoms with Gasteiger partial charge in [-0.1, -0.05) is 25.1 Å². The van der Waals surface area contributed by atoms with Gasteiger partial charge in [-0.15, -0.1) is 0 Å². The quantitative estimate of drug-likeness (QED) is 0.862. The molecule has 2 nitrogen and oxygen atoms in total. The summed E-state index contributed by atoms with van der Waals surface area (Å²) in [6.07, 6.45) is 1.11. The van der Waals surface area contributed by atoms with Crippen molar-refractivity contribution in [1.82, 2.24) is 5.32 Å². The third kappa shape index (κ3) is 2.69. The molecule has 0 spiro atoms. The fourth-order valence-electron chi connectivity index (χ4n) is 3.26. The SMILES string of the molecule is CCc1cccc(C)c1N1CC(C)NC(C)(C)C1. The maximum Gasteiger partial charge on any atom is 0.0429 e. The summed E-state index contributed by atoms with van der Waals surface area (Å²) in [5.41, 5.74) is 4.52. The van der Waals surface area contributed by atoms with E-state index in [1.807, 2.05) is 0 Å². The molecule has 0 radical (unpaired) electrons.